The maximum atomic E-state index is 12.8. The van der Waals surface area contributed by atoms with E-state index < -0.39 is 24.3 Å². The van der Waals surface area contributed by atoms with E-state index in [4.69, 9.17) is 18.9 Å². The summed E-state index contributed by atoms with van der Waals surface area (Å²) in [4.78, 5) is 37.3. The lowest BCUT2D eigenvalue weighted by Gasteiger charge is -2.25. The number of unbranched alkanes of at least 4 members (excludes halogenated alkanes) is 20. The summed E-state index contributed by atoms with van der Waals surface area (Å²) in [5.74, 6) is -2.07. The zero-order chi connectivity index (χ0) is 47.7. The number of carboxylic acid groups (broad SMARTS) is 1. The number of likely N-dealkylation sites (N-methyl/N-ethyl adjacent to an activating group) is 1. The van der Waals surface area contributed by atoms with Crippen molar-refractivity contribution in [2.75, 3.05) is 47.5 Å². The molecule has 0 amide bonds. The summed E-state index contributed by atoms with van der Waals surface area (Å²) in [6.07, 6.45) is 56.8. The van der Waals surface area contributed by atoms with Crippen molar-refractivity contribution >= 4 is 17.9 Å². The van der Waals surface area contributed by atoms with Crippen molar-refractivity contribution in [3.8, 4) is 0 Å². The molecule has 374 valence electrons. The number of quaternary nitrogens is 1. The minimum absolute atomic E-state index is 0.177. The van der Waals surface area contributed by atoms with Crippen LogP contribution in [0, 0.1) is 0 Å². The van der Waals surface area contributed by atoms with E-state index in [9.17, 15) is 19.5 Å². The number of hydrogen-bond donors (Lipinski definition) is 1. The maximum absolute atomic E-state index is 12.8. The smallest absolute Gasteiger partial charge is 0.361 e. The molecule has 0 spiro atoms. The van der Waals surface area contributed by atoms with Crippen LogP contribution in [-0.4, -0.2) is 87.4 Å². The van der Waals surface area contributed by atoms with Crippen LogP contribution in [0.15, 0.2) is 72.9 Å². The van der Waals surface area contributed by atoms with Gasteiger partial charge >= 0.3 is 17.9 Å². The van der Waals surface area contributed by atoms with Crippen molar-refractivity contribution in [1.29, 1.82) is 0 Å². The van der Waals surface area contributed by atoms with Gasteiger partial charge in [0.05, 0.1) is 34.4 Å². The van der Waals surface area contributed by atoms with Gasteiger partial charge in [0.25, 0.3) is 6.29 Å². The molecule has 9 nitrogen and oxygen atoms in total. The molecule has 2 unspecified atom stereocenters. The van der Waals surface area contributed by atoms with Gasteiger partial charge in [0.1, 0.15) is 13.2 Å². The van der Waals surface area contributed by atoms with Gasteiger partial charge in [0, 0.05) is 12.8 Å². The molecule has 9 heteroatoms. The van der Waals surface area contributed by atoms with E-state index in [1.54, 1.807) is 0 Å². The number of hydrogen-bond acceptors (Lipinski definition) is 7. The summed E-state index contributed by atoms with van der Waals surface area (Å²) >= 11 is 0. The molecule has 0 aliphatic rings. The first-order chi connectivity index (χ1) is 31.6. The Balaban J connectivity index is 4.42. The Hall–Kier alpha value is -3.27. The molecule has 0 aromatic heterocycles. The number of carbonyl (C=O) groups is 3. The lowest BCUT2D eigenvalue weighted by molar-refractivity contribution is -0.870. The van der Waals surface area contributed by atoms with Crippen molar-refractivity contribution in [1.82, 2.24) is 0 Å². The normalized spacial score (nSPS) is 13.4. The lowest BCUT2D eigenvalue weighted by Crippen LogP contribution is -2.40. The van der Waals surface area contributed by atoms with Crippen molar-refractivity contribution in [2.24, 2.45) is 0 Å². The fourth-order valence-electron chi connectivity index (χ4n) is 6.96. The van der Waals surface area contributed by atoms with Crippen molar-refractivity contribution in [2.45, 2.75) is 219 Å². The molecule has 1 N–H and O–H groups in total. The molecular weight excluding hydrogens is 815 g/mol. The van der Waals surface area contributed by atoms with E-state index in [1.165, 1.54) is 103 Å². The Morgan fingerprint density at radius 3 is 1.31 bits per heavy atom. The Bertz CT molecular complexity index is 1290. The van der Waals surface area contributed by atoms with Crippen LogP contribution in [0.4, 0.5) is 0 Å². The highest BCUT2D eigenvalue weighted by Crippen LogP contribution is 2.16. The number of allylic oxidation sites excluding steroid dienone is 12. The highest BCUT2D eigenvalue weighted by atomic mass is 16.7. The first-order valence-electron chi connectivity index (χ1n) is 26.1. The van der Waals surface area contributed by atoms with Crippen molar-refractivity contribution in [3.05, 3.63) is 72.9 Å². The third kappa shape index (κ3) is 48.5. The topological polar surface area (TPSA) is 108 Å². The van der Waals surface area contributed by atoms with Gasteiger partial charge in [-0.2, -0.15) is 0 Å². The van der Waals surface area contributed by atoms with E-state index in [-0.39, 0.29) is 32.2 Å². The summed E-state index contributed by atoms with van der Waals surface area (Å²) in [5, 5.41) is 9.67. The van der Waals surface area contributed by atoms with E-state index in [2.05, 4.69) is 86.8 Å². The summed E-state index contributed by atoms with van der Waals surface area (Å²) in [6.45, 7) is 4.72. The number of rotatable bonds is 47. The Kier molecular flexibility index (Phi) is 44.9. The van der Waals surface area contributed by atoms with Gasteiger partial charge in [0.2, 0.25) is 0 Å². The second-order valence-electron chi connectivity index (χ2n) is 18.5. The van der Waals surface area contributed by atoms with Crippen LogP contribution in [0.3, 0.4) is 0 Å². The molecule has 0 bridgehead atoms. The maximum Gasteiger partial charge on any atom is 0.361 e. The average molecular weight is 913 g/mol. The van der Waals surface area contributed by atoms with Gasteiger partial charge in [-0.15, -0.1) is 0 Å². The quantitative estimate of drug-likeness (QED) is 0.0211. The third-order valence-electron chi connectivity index (χ3n) is 11.0. The second-order valence-corrected chi connectivity index (χ2v) is 18.5. The predicted molar refractivity (Wildman–Crippen MR) is 272 cm³/mol. The molecule has 0 saturated carbocycles. The largest absolute Gasteiger partial charge is 0.477 e. The third-order valence-corrected chi connectivity index (χ3v) is 11.0. The molecule has 0 aromatic rings. The molecule has 0 saturated heterocycles. The second kappa shape index (κ2) is 47.2. The first-order valence-corrected chi connectivity index (χ1v) is 26.1. The van der Waals surface area contributed by atoms with E-state index >= 15 is 0 Å². The molecule has 0 aliphatic carbocycles. The van der Waals surface area contributed by atoms with Gasteiger partial charge in [-0.25, -0.2) is 4.79 Å². The molecule has 2 atom stereocenters. The predicted octanol–water partition coefficient (Wildman–Crippen LogP) is 14.7. The molecule has 0 aromatic carbocycles. The zero-order valence-electron chi connectivity index (χ0n) is 42.4. The van der Waals surface area contributed by atoms with Crippen LogP contribution in [0.5, 0.6) is 0 Å². The monoisotopic (exact) mass is 913 g/mol. The van der Waals surface area contributed by atoms with Gasteiger partial charge in [-0.1, -0.05) is 202 Å². The highest BCUT2D eigenvalue weighted by Gasteiger charge is 2.25. The van der Waals surface area contributed by atoms with Gasteiger partial charge in [0.15, 0.2) is 6.10 Å². The number of aliphatic carboxylic acids is 1. The Morgan fingerprint density at radius 1 is 0.477 bits per heavy atom. The minimum Gasteiger partial charge on any atom is -0.477 e. The van der Waals surface area contributed by atoms with Gasteiger partial charge in [-0.05, 0) is 64.2 Å². The zero-order valence-corrected chi connectivity index (χ0v) is 42.4. The number of ether oxygens (including phenoxy) is 4. The number of esters is 2. The Labute approximate surface area is 398 Å². The number of carboxylic acids is 1. The van der Waals surface area contributed by atoms with Gasteiger partial charge < -0.3 is 28.5 Å². The van der Waals surface area contributed by atoms with E-state index in [0.717, 1.165) is 70.6 Å². The van der Waals surface area contributed by atoms with E-state index in [0.29, 0.717) is 23.9 Å². The number of nitrogens with zero attached hydrogens (tertiary/aromatic N) is 1. The molecule has 0 radical (unpaired) electrons. The minimum atomic E-state index is -1.52. The fourth-order valence-corrected chi connectivity index (χ4v) is 6.96. The standard InChI is InChI=1S/C56H97NO8/c1-6-8-10-12-14-16-18-20-22-24-26-27-29-31-33-35-37-39-41-43-45-47-54(59)65-52(51-64-56(55(60)61)62-49-48-57(3,4)5)50-63-53(58)46-44-42-40-38-36-34-32-30-28-25-23-21-19-17-15-13-11-9-7-2/h8,10,14,16,20,22,26-27,31,33,37,39,52,56H,6-7,9,11-13,15,17-19,21,23-25,28-30,32,34-36,38,40-51H2,1-5H3/p+1/b10-8-,16-14-,22-20-,27-26-,33-31-,39-37-. The van der Waals surface area contributed by atoms with Crippen LogP contribution in [0.1, 0.15) is 206 Å². The molecule has 0 fully saturated rings. The highest BCUT2D eigenvalue weighted by molar-refractivity contribution is 5.71. The van der Waals surface area contributed by atoms with Crippen LogP contribution < -0.4 is 0 Å². The SMILES string of the molecule is CC/C=C\C/C=C\C/C=C\C/C=C\C/C=C\C/C=C\CCCCC(=O)OC(COC(=O)CCCCCCCCCCCCCCCCCCCCC)COC(OCC[N+](C)(C)C)C(=O)O. The van der Waals surface area contributed by atoms with Gasteiger partial charge in [-0.3, -0.25) is 9.59 Å². The summed E-state index contributed by atoms with van der Waals surface area (Å²) in [7, 11) is 5.94. The lowest BCUT2D eigenvalue weighted by atomic mass is 10.0. The van der Waals surface area contributed by atoms with E-state index in [1.807, 2.05) is 21.1 Å². The molecule has 0 rings (SSSR count). The van der Waals surface area contributed by atoms with Crippen LogP contribution in [0.25, 0.3) is 0 Å². The summed E-state index contributed by atoms with van der Waals surface area (Å²) in [5.41, 5.74) is 0. The molecular formula is C56H98NO8+. The average Bonchev–Trinajstić information content (AvgIpc) is 3.27. The Morgan fingerprint density at radius 2 is 0.877 bits per heavy atom. The van der Waals surface area contributed by atoms with Crippen LogP contribution in [-0.2, 0) is 33.3 Å². The summed E-state index contributed by atoms with van der Waals surface area (Å²) in [6, 6.07) is 0. The van der Waals surface area contributed by atoms with Crippen molar-refractivity contribution in [3.63, 3.8) is 0 Å². The van der Waals surface area contributed by atoms with Crippen molar-refractivity contribution < 1.29 is 42.9 Å². The molecule has 0 aliphatic heterocycles. The molecule has 0 heterocycles. The van der Waals surface area contributed by atoms with Crippen LogP contribution >= 0.6 is 0 Å². The van der Waals surface area contributed by atoms with Crippen LogP contribution in [0.2, 0.25) is 0 Å². The summed E-state index contributed by atoms with van der Waals surface area (Å²) < 4.78 is 22.8. The fraction of sp³-hybridized carbons (Fsp3) is 0.732. The molecule has 65 heavy (non-hydrogen) atoms. The first kappa shape index (κ1) is 61.7. The number of carbonyl (C=O) groups excluding carboxylic acids is 2.